The molecular formula is C49H68N12O14S. The average molecular weight is 1080 g/mol. The summed E-state index contributed by atoms with van der Waals surface area (Å²) in [6.45, 7) is 6.93. The number of aromatic amines is 1. The minimum Gasteiger partial charge on any atom is -0.480 e. The third kappa shape index (κ3) is 17.9. The Morgan fingerprint density at radius 3 is 1.80 bits per heavy atom. The van der Waals surface area contributed by atoms with E-state index >= 15 is 0 Å². The number of carbonyl (C=O) groups excluding carboxylic acids is 3. The van der Waals surface area contributed by atoms with E-state index in [1.165, 1.54) is 6.20 Å². The van der Waals surface area contributed by atoms with Gasteiger partial charge in [-0.05, 0) is 62.4 Å². The van der Waals surface area contributed by atoms with Crippen LogP contribution in [0.2, 0.25) is 0 Å². The lowest BCUT2D eigenvalue weighted by atomic mass is 10.1. The van der Waals surface area contributed by atoms with Crippen molar-refractivity contribution in [2.75, 3.05) is 96.9 Å². The van der Waals surface area contributed by atoms with Crippen molar-refractivity contribution < 1.29 is 62.4 Å². The number of hydrogen-bond donors (Lipinski definition) is 10. The number of amides is 3. The quantitative estimate of drug-likeness (QED) is 0.0367. The van der Waals surface area contributed by atoms with Gasteiger partial charge in [-0.15, -0.1) is 0 Å². The topological polar surface area (TPSA) is 358 Å². The Bertz CT molecular complexity index is 2840. The number of carbonyl (C=O) groups is 7. The van der Waals surface area contributed by atoms with E-state index in [0.29, 0.717) is 29.1 Å². The smallest absolute Gasteiger partial charge is 0.323 e. The molecule has 1 saturated heterocycles. The Labute approximate surface area is 438 Å². The fourth-order valence-corrected chi connectivity index (χ4v) is 10.6. The lowest BCUT2D eigenvalue weighted by molar-refractivity contribution is -0.140. The van der Waals surface area contributed by atoms with Gasteiger partial charge in [0.15, 0.2) is 5.95 Å². The molecule has 1 aliphatic rings. The standard InChI is InChI=1S/C49H68N12O14S/c1-5-37(55-40(62)27-57-13-15-58(28-41(63)64)17-19-60(30-43(67)68)20-18-59(16-14-57)29-42(65)66)47(71)50-9-6-12-61-26-36(44(69)35-8-7-34(23-39(35)61)24-54-49-51-10-11-52-49)46(70)53-25-38(48(72)73)56-76(74,75)45-32(3)21-31(2)22-33(45)4/h7-8,10-11,21-23,26,37-38,56H,5-6,9,12-20,24-25,27-30H2,1-4H3,(H,50,71)(H,53,70)(H,55,62)(H,63,64)(H,65,66)(H,67,68)(H,72,73)(H2,51,52,54)/t37-,38?/m0/s1. The maximum absolute atomic E-state index is 14.0. The van der Waals surface area contributed by atoms with E-state index in [4.69, 9.17) is 0 Å². The van der Waals surface area contributed by atoms with Crippen molar-refractivity contribution in [3.63, 3.8) is 0 Å². The third-order valence-corrected chi connectivity index (χ3v) is 14.4. The van der Waals surface area contributed by atoms with Crippen molar-refractivity contribution in [1.82, 2.24) is 54.8 Å². The maximum atomic E-state index is 14.0. The molecule has 0 radical (unpaired) electrons. The van der Waals surface area contributed by atoms with Gasteiger partial charge in [-0.2, -0.15) is 4.72 Å². The van der Waals surface area contributed by atoms with Gasteiger partial charge in [0.05, 0.1) is 36.6 Å². The van der Waals surface area contributed by atoms with Crippen molar-refractivity contribution in [2.45, 2.75) is 70.6 Å². The highest BCUT2D eigenvalue weighted by Crippen LogP contribution is 2.22. The molecule has 1 fully saturated rings. The summed E-state index contributed by atoms with van der Waals surface area (Å²) in [4.78, 5) is 116. The molecule has 0 bridgehead atoms. The van der Waals surface area contributed by atoms with E-state index in [9.17, 15) is 67.2 Å². The molecule has 0 spiro atoms. The van der Waals surface area contributed by atoms with Crippen LogP contribution in [0.1, 0.15) is 52.4 Å². The van der Waals surface area contributed by atoms with Crippen LogP contribution in [0, 0.1) is 20.8 Å². The first kappa shape index (κ1) is 59.6. The van der Waals surface area contributed by atoms with Gasteiger partial charge in [-0.1, -0.05) is 30.7 Å². The van der Waals surface area contributed by atoms with Gasteiger partial charge in [-0.3, -0.25) is 58.0 Å². The van der Waals surface area contributed by atoms with Crippen LogP contribution in [-0.2, 0) is 51.9 Å². The molecule has 76 heavy (non-hydrogen) atoms. The molecule has 2 atom stereocenters. The molecule has 414 valence electrons. The summed E-state index contributed by atoms with van der Waals surface area (Å²) < 4.78 is 30.7. The van der Waals surface area contributed by atoms with Crippen LogP contribution in [0.3, 0.4) is 0 Å². The number of aryl methyl sites for hydroxylation is 4. The average Bonchev–Trinajstić information content (AvgIpc) is 3.87. The first-order valence-corrected chi connectivity index (χ1v) is 26.1. The number of sulfonamides is 1. The normalized spacial score (nSPS) is 15.4. The van der Waals surface area contributed by atoms with Crippen molar-refractivity contribution in [3.8, 4) is 0 Å². The Morgan fingerprint density at radius 1 is 0.750 bits per heavy atom. The number of benzene rings is 2. The molecule has 3 amide bonds. The van der Waals surface area contributed by atoms with E-state index in [2.05, 4.69) is 36.0 Å². The van der Waals surface area contributed by atoms with Gasteiger partial charge in [-0.25, -0.2) is 13.4 Å². The number of pyridine rings is 1. The van der Waals surface area contributed by atoms with Gasteiger partial charge < -0.3 is 51.2 Å². The first-order valence-electron chi connectivity index (χ1n) is 24.7. The number of fused-ring (bicyclic) bond motifs is 1. The largest absolute Gasteiger partial charge is 0.480 e. The predicted octanol–water partition coefficient (Wildman–Crippen LogP) is -0.700. The van der Waals surface area contributed by atoms with Crippen LogP contribution < -0.4 is 31.4 Å². The second kappa shape index (κ2) is 28.0. The van der Waals surface area contributed by atoms with Crippen molar-refractivity contribution in [3.05, 3.63) is 87.0 Å². The zero-order chi connectivity index (χ0) is 55.7. The Hall–Kier alpha value is -7.30. The number of H-pyrrole nitrogens is 1. The molecule has 5 rings (SSSR count). The summed E-state index contributed by atoms with van der Waals surface area (Å²) in [6.07, 6.45) is 4.99. The summed E-state index contributed by atoms with van der Waals surface area (Å²) in [5.74, 6) is -6.29. The summed E-state index contributed by atoms with van der Waals surface area (Å²) >= 11 is 0. The zero-order valence-electron chi connectivity index (χ0n) is 43.0. The molecule has 0 saturated carbocycles. The summed E-state index contributed by atoms with van der Waals surface area (Å²) in [7, 11) is -4.38. The first-order chi connectivity index (χ1) is 36.0. The fraction of sp³-hybridized carbons (Fsp3) is 0.490. The zero-order valence-corrected chi connectivity index (χ0v) is 43.8. The van der Waals surface area contributed by atoms with E-state index in [0.717, 1.165) is 11.1 Å². The van der Waals surface area contributed by atoms with Crippen molar-refractivity contribution in [1.29, 1.82) is 0 Å². The summed E-state index contributed by atoms with van der Waals surface area (Å²) in [5, 5.41) is 49.9. The minimum atomic E-state index is -4.38. The molecule has 4 aromatic rings. The van der Waals surface area contributed by atoms with Crippen molar-refractivity contribution in [2.24, 2.45) is 0 Å². The number of anilines is 1. The Balaban J connectivity index is 1.27. The molecule has 2 aromatic heterocycles. The summed E-state index contributed by atoms with van der Waals surface area (Å²) in [6, 6.07) is 5.52. The molecule has 26 nitrogen and oxygen atoms in total. The van der Waals surface area contributed by atoms with Crippen LogP contribution in [0.15, 0.2) is 58.6 Å². The molecule has 2 aromatic carbocycles. The molecule has 1 unspecified atom stereocenters. The Morgan fingerprint density at radius 2 is 1.30 bits per heavy atom. The molecule has 0 aliphatic carbocycles. The predicted molar refractivity (Wildman–Crippen MR) is 277 cm³/mol. The van der Waals surface area contributed by atoms with Crippen LogP contribution in [0.25, 0.3) is 10.9 Å². The highest BCUT2D eigenvalue weighted by atomic mass is 32.2. The minimum absolute atomic E-state index is 0.0787. The number of aromatic nitrogens is 3. The number of rotatable bonds is 25. The number of nitrogens with one attached hydrogen (secondary N) is 6. The fourth-order valence-electron chi connectivity index (χ4n) is 8.91. The van der Waals surface area contributed by atoms with Crippen LogP contribution in [0.4, 0.5) is 5.95 Å². The van der Waals surface area contributed by atoms with Gasteiger partial charge in [0.1, 0.15) is 17.6 Å². The van der Waals surface area contributed by atoms with Gasteiger partial charge >= 0.3 is 23.9 Å². The second-order valence-corrected chi connectivity index (χ2v) is 20.3. The van der Waals surface area contributed by atoms with Crippen LogP contribution in [-0.4, -0.2) is 208 Å². The highest BCUT2D eigenvalue weighted by molar-refractivity contribution is 7.89. The number of nitrogens with zero attached hydrogens (tertiary/aromatic N) is 6. The number of aliphatic carboxylic acids is 4. The van der Waals surface area contributed by atoms with Crippen LogP contribution in [0.5, 0.6) is 0 Å². The maximum Gasteiger partial charge on any atom is 0.323 e. The number of hydrogen-bond acceptors (Lipinski definition) is 16. The van der Waals surface area contributed by atoms with Crippen LogP contribution >= 0.6 is 0 Å². The molecule has 27 heteroatoms. The van der Waals surface area contributed by atoms with E-state index < -0.39 is 75.7 Å². The molecular weight excluding hydrogens is 1010 g/mol. The monoisotopic (exact) mass is 1080 g/mol. The lowest BCUT2D eigenvalue weighted by Gasteiger charge is -2.33. The van der Waals surface area contributed by atoms with E-state index in [-0.39, 0.29) is 120 Å². The third-order valence-electron chi connectivity index (χ3n) is 12.6. The summed E-state index contributed by atoms with van der Waals surface area (Å²) in [5.41, 5.74) is 1.77. The number of imidazole rings is 1. The molecule has 1 aliphatic heterocycles. The Kier molecular flexibility index (Phi) is 22.0. The van der Waals surface area contributed by atoms with Crippen molar-refractivity contribution >= 4 is 68.5 Å². The lowest BCUT2D eigenvalue weighted by Crippen LogP contribution is -2.52. The number of carboxylic acids is 4. The molecule has 10 N–H and O–H groups in total. The highest BCUT2D eigenvalue weighted by Gasteiger charge is 2.30. The second-order valence-electron chi connectivity index (χ2n) is 18.6. The van der Waals surface area contributed by atoms with E-state index in [1.807, 2.05) is 0 Å². The van der Waals surface area contributed by atoms with Gasteiger partial charge in [0, 0.05) is 103 Å². The number of carboxylic acid groups (broad SMARTS) is 4. The van der Waals surface area contributed by atoms with Gasteiger partial charge in [0.25, 0.3) is 5.91 Å². The molecule has 3 heterocycles. The van der Waals surface area contributed by atoms with E-state index in [1.54, 1.807) is 94.6 Å². The SMILES string of the molecule is CC[C@H](NC(=O)CN1CCN(CC(=O)O)CCN(CC(=O)O)CCN(CC(=O)O)CC1)C(=O)NCCCn1cc(C(=O)NCC(NS(=O)(=O)c2c(C)cc(C)cc2C)C(=O)O)c(=O)c2ccc(CNc3ncc[nH]3)cc21. The van der Waals surface area contributed by atoms with Gasteiger partial charge in [0.2, 0.25) is 27.3 Å².